The van der Waals surface area contributed by atoms with E-state index in [1.165, 1.54) is 4.57 Å². The van der Waals surface area contributed by atoms with Crippen LogP contribution in [0.25, 0.3) is 22.3 Å². The average molecular weight is 444 g/mol. The minimum absolute atomic E-state index is 0.0125. The van der Waals surface area contributed by atoms with E-state index in [0.29, 0.717) is 35.5 Å². The summed E-state index contributed by atoms with van der Waals surface area (Å²) in [6, 6.07) is 9.34. The molecule has 0 spiro atoms. The van der Waals surface area contributed by atoms with Crippen LogP contribution in [0.15, 0.2) is 53.7 Å². The van der Waals surface area contributed by atoms with Crippen LogP contribution in [0.2, 0.25) is 0 Å². The third kappa shape index (κ3) is 4.16. The lowest BCUT2D eigenvalue weighted by molar-refractivity contribution is -0.119. The Hall–Kier alpha value is -3.81. The van der Waals surface area contributed by atoms with Gasteiger partial charge in [-0.2, -0.15) is 0 Å². The summed E-state index contributed by atoms with van der Waals surface area (Å²) in [7, 11) is 0. The number of ketones is 2. The number of Topliss-reactive ketones (excluding diaryl/α,β-unsaturated/α-hetero) is 2. The summed E-state index contributed by atoms with van der Waals surface area (Å²) in [5, 5.41) is 0. The molecule has 0 saturated carbocycles. The van der Waals surface area contributed by atoms with Crippen molar-refractivity contribution in [3.05, 3.63) is 70.8 Å². The number of nitrogens with zero attached hydrogens (tertiary/aromatic N) is 4. The van der Waals surface area contributed by atoms with E-state index in [-0.39, 0.29) is 23.8 Å². The second-order valence-electron chi connectivity index (χ2n) is 8.60. The normalized spacial score (nSPS) is 15.5. The molecule has 8 heteroatoms. The van der Waals surface area contributed by atoms with Crippen LogP contribution in [0.5, 0.6) is 0 Å². The molecule has 3 aromatic heterocycles. The molecule has 5 rings (SSSR count). The number of aromatic nitrogens is 5. The van der Waals surface area contributed by atoms with Crippen molar-refractivity contribution in [3.63, 3.8) is 0 Å². The number of aromatic amines is 1. The molecule has 168 valence electrons. The fourth-order valence-electron chi connectivity index (χ4n) is 4.48. The van der Waals surface area contributed by atoms with Crippen molar-refractivity contribution in [1.29, 1.82) is 0 Å². The number of nitrogens with one attached hydrogen (secondary N) is 1. The van der Waals surface area contributed by atoms with E-state index in [1.54, 1.807) is 13.1 Å². The molecule has 0 bridgehead atoms. The largest absolute Gasteiger partial charge is 0.335 e. The van der Waals surface area contributed by atoms with Gasteiger partial charge in [-0.3, -0.25) is 19.1 Å². The molecule has 1 aliphatic rings. The van der Waals surface area contributed by atoms with Gasteiger partial charge in [-0.05, 0) is 30.0 Å². The topological polar surface area (TPSA) is 103 Å². The minimum Gasteiger partial charge on any atom is -0.335 e. The zero-order chi connectivity index (χ0) is 22.9. The summed E-state index contributed by atoms with van der Waals surface area (Å²) in [5.41, 5.74) is 2.96. The first kappa shape index (κ1) is 21.1. The van der Waals surface area contributed by atoms with Gasteiger partial charge in [0.1, 0.15) is 5.82 Å². The van der Waals surface area contributed by atoms with Gasteiger partial charge in [-0.1, -0.05) is 25.1 Å². The molecule has 1 atom stereocenters. The molecule has 4 heterocycles. The maximum atomic E-state index is 13.0. The summed E-state index contributed by atoms with van der Waals surface area (Å²) in [5.74, 6) is 1.43. The third-order valence-corrected chi connectivity index (χ3v) is 6.40. The predicted octanol–water partition coefficient (Wildman–Crippen LogP) is 3.40. The number of hydrogen-bond donors (Lipinski definition) is 1. The zero-order valence-corrected chi connectivity index (χ0v) is 18.5. The second-order valence-corrected chi connectivity index (χ2v) is 8.60. The predicted molar refractivity (Wildman–Crippen MR) is 124 cm³/mol. The van der Waals surface area contributed by atoms with Crippen LogP contribution in [-0.2, 0) is 24.3 Å². The van der Waals surface area contributed by atoms with Gasteiger partial charge in [-0.25, -0.2) is 14.8 Å². The minimum atomic E-state index is -0.353. The van der Waals surface area contributed by atoms with Crippen molar-refractivity contribution in [2.24, 2.45) is 5.92 Å². The van der Waals surface area contributed by atoms with E-state index in [1.807, 2.05) is 42.7 Å². The number of imidazole rings is 2. The number of rotatable bonds is 7. The van der Waals surface area contributed by atoms with Gasteiger partial charge < -0.3 is 4.57 Å². The Balaban J connectivity index is 1.39. The number of carbonyl (C=O) groups excluding carboxylic acids is 2. The van der Waals surface area contributed by atoms with Gasteiger partial charge in [0.25, 0.3) is 0 Å². The smallest absolute Gasteiger partial charge is 0.328 e. The van der Waals surface area contributed by atoms with Gasteiger partial charge >= 0.3 is 5.69 Å². The van der Waals surface area contributed by atoms with E-state index in [2.05, 4.69) is 19.5 Å². The summed E-state index contributed by atoms with van der Waals surface area (Å²) in [4.78, 5) is 48.7. The quantitative estimate of drug-likeness (QED) is 0.441. The Morgan fingerprint density at radius 1 is 1.18 bits per heavy atom. The summed E-state index contributed by atoms with van der Waals surface area (Å²) in [6.45, 7) is 2.69. The van der Waals surface area contributed by atoms with Crippen LogP contribution in [-0.4, -0.2) is 35.7 Å². The highest BCUT2D eigenvalue weighted by atomic mass is 16.2. The van der Waals surface area contributed by atoms with Crippen LogP contribution in [0.3, 0.4) is 0 Å². The van der Waals surface area contributed by atoms with Crippen molar-refractivity contribution < 1.29 is 9.59 Å². The lowest BCUT2D eigenvalue weighted by Crippen LogP contribution is -2.21. The van der Waals surface area contributed by atoms with Gasteiger partial charge in [-0.15, -0.1) is 0 Å². The number of H-pyrrole nitrogens is 1. The van der Waals surface area contributed by atoms with Gasteiger partial charge in [0.15, 0.2) is 17.2 Å². The molecular formula is C25H25N5O3. The fourth-order valence-corrected chi connectivity index (χ4v) is 4.48. The van der Waals surface area contributed by atoms with Crippen LogP contribution in [0.4, 0.5) is 0 Å². The van der Waals surface area contributed by atoms with Crippen molar-refractivity contribution >= 4 is 22.7 Å². The first-order valence-electron chi connectivity index (χ1n) is 11.3. The van der Waals surface area contributed by atoms with Crippen LogP contribution >= 0.6 is 0 Å². The second kappa shape index (κ2) is 8.61. The van der Waals surface area contributed by atoms with Crippen LogP contribution < -0.4 is 5.69 Å². The lowest BCUT2D eigenvalue weighted by atomic mass is 9.90. The molecular weight excluding hydrogens is 418 g/mol. The molecule has 1 unspecified atom stereocenters. The monoisotopic (exact) mass is 443 g/mol. The third-order valence-electron chi connectivity index (χ3n) is 6.40. The number of fused-ring (bicyclic) bond motifs is 2. The van der Waals surface area contributed by atoms with E-state index in [4.69, 9.17) is 0 Å². The highest BCUT2D eigenvalue weighted by Gasteiger charge is 2.22. The van der Waals surface area contributed by atoms with E-state index >= 15 is 0 Å². The summed E-state index contributed by atoms with van der Waals surface area (Å²) < 4.78 is 3.57. The summed E-state index contributed by atoms with van der Waals surface area (Å²) >= 11 is 0. The molecule has 8 nitrogen and oxygen atoms in total. The molecule has 1 aliphatic heterocycles. The molecule has 0 radical (unpaired) electrons. The molecule has 1 aromatic carbocycles. The standard InChI is InChI=1S/C25H25N5O3/c1-2-20(31)15-30-21-13-19(14-27-24(21)28-25(30)33)17-4-3-5-18(12-17)22(32)10-16-6-8-29-9-7-26-23(29)11-16/h3-5,7,9,12-14,16H,2,6,8,10-11,15H2,1H3,(H,27,28,33). The Morgan fingerprint density at radius 3 is 2.91 bits per heavy atom. The van der Waals surface area contributed by atoms with Crippen molar-refractivity contribution in [1.82, 2.24) is 24.1 Å². The molecule has 1 N–H and O–H groups in total. The maximum absolute atomic E-state index is 13.0. The highest BCUT2D eigenvalue weighted by Crippen LogP contribution is 2.26. The number of benzene rings is 1. The lowest BCUT2D eigenvalue weighted by Gasteiger charge is -2.22. The molecule has 0 saturated heterocycles. The SMILES string of the molecule is CCC(=O)Cn1c(=O)[nH]c2ncc(-c3cccc(C(=O)CC4CCn5ccnc5C4)c3)cc21. The van der Waals surface area contributed by atoms with Crippen molar-refractivity contribution in [2.45, 2.75) is 45.7 Å². The Labute approximate surface area is 190 Å². The van der Waals surface area contributed by atoms with Gasteiger partial charge in [0.2, 0.25) is 0 Å². The molecule has 4 aromatic rings. The first-order valence-corrected chi connectivity index (χ1v) is 11.3. The maximum Gasteiger partial charge on any atom is 0.328 e. The molecule has 33 heavy (non-hydrogen) atoms. The Bertz CT molecular complexity index is 1410. The number of carbonyl (C=O) groups is 2. The fraction of sp³-hybridized carbons (Fsp3) is 0.320. The zero-order valence-electron chi connectivity index (χ0n) is 18.5. The molecule has 0 fully saturated rings. The van der Waals surface area contributed by atoms with E-state index in [9.17, 15) is 14.4 Å². The number of aryl methyl sites for hydroxylation is 1. The van der Waals surface area contributed by atoms with Crippen LogP contribution in [0.1, 0.15) is 42.4 Å². The first-order chi connectivity index (χ1) is 16.0. The van der Waals surface area contributed by atoms with E-state index < -0.39 is 0 Å². The Kier molecular flexibility index (Phi) is 5.50. The van der Waals surface area contributed by atoms with Crippen LogP contribution in [0, 0.1) is 5.92 Å². The molecule has 0 aliphatic carbocycles. The summed E-state index contributed by atoms with van der Waals surface area (Å²) in [6.07, 6.45) is 8.12. The van der Waals surface area contributed by atoms with Gasteiger partial charge in [0, 0.05) is 55.5 Å². The van der Waals surface area contributed by atoms with Crippen molar-refractivity contribution in [3.8, 4) is 11.1 Å². The Morgan fingerprint density at radius 2 is 2.06 bits per heavy atom. The average Bonchev–Trinajstić information content (AvgIpc) is 3.42. The number of pyridine rings is 1. The van der Waals surface area contributed by atoms with Gasteiger partial charge in [0.05, 0.1) is 12.1 Å². The van der Waals surface area contributed by atoms with Crippen molar-refractivity contribution in [2.75, 3.05) is 0 Å². The molecule has 0 amide bonds. The highest BCUT2D eigenvalue weighted by molar-refractivity contribution is 5.97. The number of hydrogen-bond acceptors (Lipinski definition) is 5. The van der Waals surface area contributed by atoms with E-state index in [0.717, 1.165) is 36.3 Å².